The molecule has 1 aromatic heterocycles. The number of benzene rings is 1. The highest BCUT2D eigenvalue weighted by Crippen LogP contribution is 2.43. The molecule has 3 aliphatic rings. The van der Waals surface area contributed by atoms with Crippen molar-refractivity contribution in [2.45, 2.75) is 39.7 Å². The van der Waals surface area contributed by atoms with Gasteiger partial charge in [0.2, 0.25) is 0 Å². The predicted molar refractivity (Wildman–Crippen MR) is 109 cm³/mol. The van der Waals surface area contributed by atoms with Gasteiger partial charge < -0.3 is 14.5 Å². The third kappa shape index (κ3) is 3.98. The van der Waals surface area contributed by atoms with Crippen molar-refractivity contribution in [1.82, 2.24) is 15.1 Å². The molecule has 3 aliphatic heterocycles. The normalized spacial score (nSPS) is 24.8. The van der Waals surface area contributed by atoms with Crippen molar-refractivity contribution >= 4 is 5.69 Å². The number of nitrogens with zero attached hydrogens (tertiary/aromatic N) is 3. The molecule has 1 aromatic carbocycles. The summed E-state index contributed by atoms with van der Waals surface area (Å²) in [7, 11) is 0. The molecular weight excluding hydrogens is 336 g/mol. The zero-order valence-corrected chi connectivity index (χ0v) is 16.8. The number of H-pyrrole nitrogens is 1. The zero-order chi connectivity index (χ0) is 18.9. The standard InChI is InChI=1S/C22H32N4O/c1-4-27-20-7-5-19(6-8-20)26-15-18-11-22(2,3)21(26)16-25(14-18)10-9-17-12-23-24-13-17/h5-8,12-13,18,21H,4,9-11,14-16H2,1-3H3,(H,23,24)/t18-,21-/m1/s1. The summed E-state index contributed by atoms with van der Waals surface area (Å²) in [5.74, 6) is 1.68. The van der Waals surface area contributed by atoms with Crippen LogP contribution in [0.15, 0.2) is 36.7 Å². The van der Waals surface area contributed by atoms with Crippen LogP contribution < -0.4 is 9.64 Å². The largest absolute Gasteiger partial charge is 0.494 e. The first-order chi connectivity index (χ1) is 13.0. The summed E-state index contributed by atoms with van der Waals surface area (Å²) in [6, 6.07) is 9.23. The van der Waals surface area contributed by atoms with Crippen LogP contribution in [0.2, 0.25) is 0 Å². The molecule has 0 aliphatic carbocycles. The topological polar surface area (TPSA) is 44.4 Å². The highest BCUT2D eigenvalue weighted by molar-refractivity contribution is 5.51. The van der Waals surface area contributed by atoms with Crippen molar-refractivity contribution in [2.24, 2.45) is 11.3 Å². The van der Waals surface area contributed by atoms with Gasteiger partial charge in [-0.3, -0.25) is 5.10 Å². The minimum Gasteiger partial charge on any atom is -0.494 e. The lowest BCUT2D eigenvalue weighted by Gasteiger charge is -2.48. The van der Waals surface area contributed by atoms with Gasteiger partial charge in [0, 0.05) is 44.1 Å². The molecule has 2 aromatic rings. The van der Waals surface area contributed by atoms with E-state index >= 15 is 0 Å². The minimum absolute atomic E-state index is 0.325. The Bertz CT molecular complexity index is 725. The second kappa shape index (κ2) is 7.55. The summed E-state index contributed by atoms with van der Waals surface area (Å²) >= 11 is 0. The third-order valence-electron chi connectivity index (χ3n) is 6.25. The van der Waals surface area contributed by atoms with Crippen LogP contribution in [0, 0.1) is 11.3 Å². The Morgan fingerprint density at radius 1 is 1.19 bits per heavy atom. The number of nitrogens with one attached hydrogen (secondary N) is 1. The minimum atomic E-state index is 0.325. The monoisotopic (exact) mass is 368 g/mol. The van der Waals surface area contributed by atoms with E-state index in [9.17, 15) is 0 Å². The molecule has 2 atom stereocenters. The second-order valence-electron chi connectivity index (χ2n) is 8.77. The number of hydrogen-bond acceptors (Lipinski definition) is 4. The third-order valence-corrected chi connectivity index (χ3v) is 6.25. The molecule has 3 fully saturated rings. The molecule has 2 bridgehead atoms. The Balaban J connectivity index is 1.51. The van der Waals surface area contributed by atoms with Gasteiger partial charge in [-0.15, -0.1) is 0 Å². The van der Waals surface area contributed by atoms with E-state index in [2.05, 4.69) is 58.1 Å². The van der Waals surface area contributed by atoms with Crippen LogP contribution in [-0.2, 0) is 6.42 Å². The first-order valence-corrected chi connectivity index (χ1v) is 10.2. The highest BCUT2D eigenvalue weighted by atomic mass is 16.5. The molecule has 5 heteroatoms. The molecule has 0 spiro atoms. The Hall–Kier alpha value is -2.01. The van der Waals surface area contributed by atoms with Crippen molar-refractivity contribution in [3.05, 3.63) is 42.2 Å². The first-order valence-electron chi connectivity index (χ1n) is 10.2. The Kier molecular flexibility index (Phi) is 5.13. The summed E-state index contributed by atoms with van der Waals surface area (Å²) in [5, 5.41) is 7.01. The molecule has 27 heavy (non-hydrogen) atoms. The van der Waals surface area contributed by atoms with Gasteiger partial charge in [-0.1, -0.05) is 13.8 Å². The van der Waals surface area contributed by atoms with Gasteiger partial charge >= 0.3 is 0 Å². The SMILES string of the molecule is CCOc1ccc(N2C[C@H]3CN(CCc4cn[nH]c4)C[C@@H]2C(C)(C)C3)cc1. The van der Waals surface area contributed by atoms with Gasteiger partial charge in [0.15, 0.2) is 0 Å². The van der Waals surface area contributed by atoms with E-state index in [1.807, 2.05) is 19.3 Å². The Labute approximate surface area is 162 Å². The predicted octanol–water partition coefficient (Wildman–Crippen LogP) is 3.59. The van der Waals surface area contributed by atoms with Gasteiger partial charge in [-0.05, 0) is 60.9 Å². The van der Waals surface area contributed by atoms with Gasteiger partial charge in [-0.2, -0.15) is 5.10 Å². The summed E-state index contributed by atoms with van der Waals surface area (Å²) in [5.41, 5.74) is 2.96. The average molecular weight is 369 g/mol. The molecule has 5 rings (SSSR count). The molecule has 0 unspecified atom stereocenters. The van der Waals surface area contributed by atoms with E-state index in [1.165, 1.54) is 24.2 Å². The number of hydrogen-bond donors (Lipinski definition) is 1. The van der Waals surface area contributed by atoms with Crippen molar-refractivity contribution in [3.63, 3.8) is 0 Å². The molecule has 0 saturated carbocycles. The van der Waals surface area contributed by atoms with Crippen molar-refractivity contribution in [1.29, 1.82) is 0 Å². The van der Waals surface area contributed by atoms with E-state index in [0.29, 0.717) is 18.1 Å². The first kappa shape index (κ1) is 18.4. The fourth-order valence-corrected chi connectivity index (χ4v) is 4.99. The van der Waals surface area contributed by atoms with Gasteiger partial charge in [0.05, 0.1) is 12.8 Å². The summed E-state index contributed by atoms with van der Waals surface area (Å²) < 4.78 is 5.63. The van der Waals surface area contributed by atoms with Crippen LogP contribution in [0.3, 0.4) is 0 Å². The Morgan fingerprint density at radius 2 is 2.00 bits per heavy atom. The van der Waals surface area contributed by atoms with Crippen LogP contribution in [0.25, 0.3) is 0 Å². The number of fused-ring (bicyclic) bond motifs is 4. The molecule has 1 N–H and O–H groups in total. The quantitative estimate of drug-likeness (QED) is 0.846. The molecule has 0 amide bonds. The Morgan fingerprint density at radius 3 is 2.70 bits per heavy atom. The van der Waals surface area contributed by atoms with Gasteiger partial charge in [0.25, 0.3) is 0 Å². The van der Waals surface area contributed by atoms with E-state index < -0.39 is 0 Å². The maximum atomic E-state index is 5.63. The number of ether oxygens (including phenoxy) is 1. The number of aromatic nitrogens is 2. The molecule has 5 nitrogen and oxygen atoms in total. The van der Waals surface area contributed by atoms with Gasteiger partial charge in [0.1, 0.15) is 5.75 Å². The zero-order valence-electron chi connectivity index (χ0n) is 16.8. The maximum Gasteiger partial charge on any atom is 0.119 e. The summed E-state index contributed by atoms with van der Waals surface area (Å²) in [6.07, 6.45) is 6.35. The van der Waals surface area contributed by atoms with Crippen LogP contribution in [-0.4, -0.2) is 53.9 Å². The lowest BCUT2D eigenvalue weighted by Crippen LogP contribution is -2.53. The summed E-state index contributed by atoms with van der Waals surface area (Å²) in [4.78, 5) is 5.33. The van der Waals surface area contributed by atoms with E-state index in [4.69, 9.17) is 4.74 Å². The van der Waals surface area contributed by atoms with Crippen LogP contribution >= 0.6 is 0 Å². The van der Waals surface area contributed by atoms with E-state index in [-0.39, 0.29) is 0 Å². The number of aromatic amines is 1. The van der Waals surface area contributed by atoms with Gasteiger partial charge in [-0.25, -0.2) is 0 Å². The van der Waals surface area contributed by atoms with Crippen LogP contribution in [0.1, 0.15) is 32.8 Å². The molecule has 0 radical (unpaired) electrons. The molecular formula is C22H32N4O. The van der Waals surface area contributed by atoms with Crippen LogP contribution in [0.4, 0.5) is 5.69 Å². The fourth-order valence-electron chi connectivity index (χ4n) is 4.99. The fraction of sp³-hybridized carbons (Fsp3) is 0.591. The second-order valence-corrected chi connectivity index (χ2v) is 8.77. The van der Waals surface area contributed by atoms with E-state index in [0.717, 1.165) is 37.7 Å². The lowest BCUT2D eigenvalue weighted by atomic mass is 9.73. The summed E-state index contributed by atoms with van der Waals surface area (Å²) in [6.45, 7) is 12.2. The van der Waals surface area contributed by atoms with Crippen molar-refractivity contribution in [3.8, 4) is 5.75 Å². The maximum absolute atomic E-state index is 5.63. The smallest absolute Gasteiger partial charge is 0.119 e. The average Bonchev–Trinajstić information content (AvgIpc) is 3.04. The van der Waals surface area contributed by atoms with Crippen LogP contribution in [0.5, 0.6) is 5.75 Å². The lowest BCUT2D eigenvalue weighted by molar-refractivity contribution is 0.190. The van der Waals surface area contributed by atoms with Crippen molar-refractivity contribution < 1.29 is 4.74 Å². The van der Waals surface area contributed by atoms with Crippen molar-refractivity contribution in [2.75, 3.05) is 37.7 Å². The number of rotatable bonds is 6. The molecule has 146 valence electrons. The number of piperidine rings is 1. The molecule has 3 saturated heterocycles. The molecule has 4 heterocycles. The highest BCUT2D eigenvalue weighted by Gasteiger charge is 2.45. The van der Waals surface area contributed by atoms with E-state index in [1.54, 1.807) is 0 Å². The number of anilines is 1.